The Morgan fingerprint density at radius 1 is 1.24 bits per heavy atom. The molecule has 0 saturated heterocycles. The van der Waals surface area contributed by atoms with Crippen LogP contribution in [-0.2, 0) is 14.5 Å². The molecule has 1 fully saturated rings. The number of rotatable bonds is 8. The lowest BCUT2D eigenvalue weighted by Crippen LogP contribution is -2.22. The number of halogens is 1. The summed E-state index contributed by atoms with van der Waals surface area (Å²) in [5.74, 6) is 0.300. The molecule has 5 rings (SSSR count). The number of ketones is 1. The number of carbonyl (C=O) groups excluding carboxylic acids is 1. The monoisotopic (exact) mass is 557 g/mol. The average Bonchev–Trinajstić information content (AvgIpc) is 3.48. The molecule has 0 spiro atoms. The summed E-state index contributed by atoms with van der Waals surface area (Å²) in [6.07, 6.45) is 6.89. The number of fused-ring (bicyclic) bond motifs is 1. The van der Waals surface area contributed by atoms with Gasteiger partial charge in [0, 0.05) is 39.3 Å². The summed E-state index contributed by atoms with van der Waals surface area (Å²) in [6.45, 7) is 2.00. The average molecular weight is 558 g/mol. The van der Waals surface area contributed by atoms with Crippen molar-refractivity contribution in [3.63, 3.8) is 0 Å². The van der Waals surface area contributed by atoms with Crippen molar-refractivity contribution in [3.05, 3.63) is 69.4 Å². The maximum atomic E-state index is 13.6. The third kappa shape index (κ3) is 5.81. The summed E-state index contributed by atoms with van der Waals surface area (Å²) in [7, 11) is -3.97. The third-order valence-corrected chi connectivity index (χ3v) is 8.18. The van der Waals surface area contributed by atoms with Crippen LogP contribution in [0.3, 0.4) is 0 Å². The number of carbonyl (C=O) groups is 1. The Kier molecular flexibility index (Phi) is 7.24. The van der Waals surface area contributed by atoms with Crippen LogP contribution in [0, 0.1) is 12.8 Å². The van der Waals surface area contributed by atoms with E-state index in [-0.39, 0.29) is 24.3 Å². The molecular formula is C25H24ClN5O4S2. The van der Waals surface area contributed by atoms with Crippen LogP contribution in [0.4, 0.5) is 5.82 Å². The van der Waals surface area contributed by atoms with Crippen molar-refractivity contribution in [2.75, 3.05) is 11.9 Å². The highest BCUT2D eigenvalue weighted by atomic mass is 35.5. The SMILES string of the molecule is Cc1sc(C(=O)c2cncnc2NC2CCC(COS(N)(=O)=O)C2)cc1-c1nccc2ccc(Cl)cc12. The summed E-state index contributed by atoms with van der Waals surface area (Å²) < 4.78 is 26.9. The highest BCUT2D eigenvalue weighted by molar-refractivity contribution is 7.84. The van der Waals surface area contributed by atoms with E-state index in [1.807, 2.05) is 37.3 Å². The van der Waals surface area contributed by atoms with Gasteiger partial charge in [0.05, 0.1) is 22.7 Å². The predicted octanol–water partition coefficient (Wildman–Crippen LogP) is 4.75. The Hall–Kier alpha value is -2.96. The Labute approximate surface area is 223 Å². The van der Waals surface area contributed by atoms with E-state index in [4.69, 9.17) is 20.9 Å². The van der Waals surface area contributed by atoms with Crippen LogP contribution in [0.15, 0.2) is 49.1 Å². The number of thiophene rings is 1. The fourth-order valence-electron chi connectivity index (χ4n) is 4.67. The van der Waals surface area contributed by atoms with Crippen molar-refractivity contribution in [2.45, 2.75) is 32.2 Å². The molecule has 12 heteroatoms. The van der Waals surface area contributed by atoms with Crippen LogP contribution >= 0.6 is 22.9 Å². The van der Waals surface area contributed by atoms with Gasteiger partial charge in [-0.05, 0) is 61.8 Å². The molecule has 0 amide bonds. The summed E-state index contributed by atoms with van der Waals surface area (Å²) in [5, 5.41) is 10.8. The van der Waals surface area contributed by atoms with Gasteiger partial charge in [0.25, 0.3) is 0 Å². The topological polar surface area (TPSA) is 137 Å². The molecule has 3 aromatic heterocycles. The number of hydrogen-bond donors (Lipinski definition) is 2. The molecule has 1 aliphatic carbocycles. The molecule has 192 valence electrons. The van der Waals surface area contributed by atoms with Gasteiger partial charge in [-0.3, -0.25) is 14.0 Å². The molecule has 1 saturated carbocycles. The van der Waals surface area contributed by atoms with Gasteiger partial charge in [-0.25, -0.2) is 15.1 Å². The molecule has 0 aliphatic heterocycles. The van der Waals surface area contributed by atoms with Gasteiger partial charge >= 0.3 is 10.3 Å². The Balaban J connectivity index is 1.38. The number of nitrogens with zero attached hydrogens (tertiary/aromatic N) is 3. The quantitative estimate of drug-likeness (QED) is 0.296. The molecule has 0 radical (unpaired) electrons. The fourth-order valence-corrected chi connectivity index (χ4v) is 6.20. The van der Waals surface area contributed by atoms with Gasteiger partial charge in [0.1, 0.15) is 12.1 Å². The zero-order valence-corrected chi connectivity index (χ0v) is 22.2. The van der Waals surface area contributed by atoms with Crippen molar-refractivity contribution in [1.29, 1.82) is 0 Å². The molecular weight excluding hydrogens is 534 g/mol. The lowest BCUT2D eigenvalue weighted by Gasteiger charge is -2.15. The molecule has 1 aliphatic rings. The van der Waals surface area contributed by atoms with E-state index >= 15 is 0 Å². The number of aryl methyl sites for hydroxylation is 1. The first-order valence-electron chi connectivity index (χ1n) is 11.6. The summed E-state index contributed by atoms with van der Waals surface area (Å²) in [4.78, 5) is 28.1. The normalized spacial score (nSPS) is 17.8. The van der Waals surface area contributed by atoms with E-state index in [1.54, 1.807) is 6.20 Å². The molecule has 2 atom stereocenters. The molecule has 37 heavy (non-hydrogen) atoms. The zero-order valence-electron chi connectivity index (χ0n) is 19.8. The van der Waals surface area contributed by atoms with Gasteiger partial charge < -0.3 is 5.32 Å². The zero-order chi connectivity index (χ0) is 26.2. The number of benzene rings is 1. The second kappa shape index (κ2) is 10.4. The number of aromatic nitrogens is 3. The van der Waals surface area contributed by atoms with E-state index in [2.05, 4.69) is 20.3 Å². The van der Waals surface area contributed by atoms with Crippen LogP contribution < -0.4 is 10.5 Å². The van der Waals surface area contributed by atoms with E-state index < -0.39 is 10.3 Å². The summed E-state index contributed by atoms with van der Waals surface area (Å²) >= 11 is 7.64. The van der Waals surface area contributed by atoms with Crippen molar-refractivity contribution in [1.82, 2.24) is 15.0 Å². The molecule has 9 nitrogen and oxygen atoms in total. The molecule has 3 N–H and O–H groups in total. The fraction of sp³-hybridized carbons (Fsp3) is 0.280. The first-order valence-corrected chi connectivity index (χ1v) is 14.3. The second-order valence-corrected chi connectivity index (χ2v) is 11.9. The van der Waals surface area contributed by atoms with Gasteiger partial charge in [-0.2, -0.15) is 8.42 Å². The van der Waals surface area contributed by atoms with Crippen molar-refractivity contribution in [3.8, 4) is 11.3 Å². The molecule has 1 aromatic carbocycles. The highest BCUT2D eigenvalue weighted by Crippen LogP contribution is 2.36. The smallest absolute Gasteiger partial charge is 0.333 e. The van der Waals surface area contributed by atoms with Crippen LogP contribution in [0.2, 0.25) is 5.02 Å². The van der Waals surface area contributed by atoms with Gasteiger partial charge in [0.15, 0.2) is 0 Å². The molecule has 4 aromatic rings. The van der Waals surface area contributed by atoms with E-state index in [0.717, 1.165) is 39.7 Å². The van der Waals surface area contributed by atoms with Gasteiger partial charge in [-0.15, -0.1) is 11.3 Å². The van der Waals surface area contributed by atoms with Crippen molar-refractivity contribution < 1.29 is 17.4 Å². The first-order chi connectivity index (χ1) is 17.7. The van der Waals surface area contributed by atoms with Crippen molar-refractivity contribution in [2.24, 2.45) is 11.1 Å². The van der Waals surface area contributed by atoms with Gasteiger partial charge in [0.2, 0.25) is 5.78 Å². The number of nitrogens with two attached hydrogens (primary N) is 1. The summed E-state index contributed by atoms with van der Waals surface area (Å²) in [6, 6.07) is 9.47. The van der Waals surface area contributed by atoms with E-state index in [9.17, 15) is 13.2 Å². The number of anilines is 1. The third-order valence-electron chi connectivity index (χ3n) is 6.43. The minimum absolute atomic E-state index is 0.0146. The van der Waals surface area contributed by atoms with E-state index in [0.29, 0.717) is 27.7 Å². The maximum absolute atomic E-state index is 13.6. The van der Waals surface area contributed by atoms with Crippen LogP contribution in [0.5, 0.6) is 0 Å². The largest absolute Gasteiger partial charge is 0.367 e. The van der Waals surface area contributed by atoms with Crippen LogP contribution in [0.25, 0.3) is 22.0 Å². The minimum atomic E-state index is -3.97. The number of hydrogen-bond acceptors (Lipinski definition) is 9. The summed E-state index contributed by atoms with van der Waals surface area (Å²) in [5.41, 5.74) is 2.02. The Morgan fingerprint density at radius 2 is 2.08 bits per heavy atom. The van der Waals surface area contributed by atoms with E-state index in [1.165, 1.54) is 23.9 Å². The van der Waals surface area contributed by atoms with Crippen molar-refractivity contribution >= 4 is 55.6 Å². The standard InChI is InChI=1S/C25H24ClN5O4S2/c1-14-19(23-20-9-17(26)4-3-16(20)6-7-29-23)10-22(36-14)24(32)21-11-28-13-30-25(21)31-18-5-2-15(8-18)12-35-37(27,33)34/h3-4,6-7,9-11,13,15,18H,2,5,8,12H2,1H3,(H2,27,33,34)(H,28,30,31). The molecule has 2 unspecified atom stereocenters. The lowest BCUT2D eigenvalue weighted by atomic mass is 10.0. The maximum Gasteiger partial charge on any atom is 0.333 e. The molecule has 3 heterocycles. The highest BCUT2D eigenvalue weighted by Gasteiger charge is 2.28. The number of nitrogens with one attached hydrogen (secondary N) is 1. The number of pyridine rings is 1. The lowest BCUT2D eigenvalue weighted by molar-refractivity contribution is 0.104. The second-order valence-electron chi connectivity index (χ2n) is 9.02. The first kappa shape index (κ1) is 25.7. The van der Waals surface area contributed by atoms with Crippen LogP contribution in [0.1, 0.15) is 39.4 Å². The predicted molar refractivity (Wildman–Crippen MR) is 144 cm³/mol. The van der Waals surface area contributed by atoms with Gasteiger partial charge in [-0.1, -0.05) is 17.7 Å². The molecule has 0 bridgehead atoms. The minimum Gasteiger partial charge on any atom is -0.367 e. The van der Waals surface area contributed by atoms with Crippen LogP contribution in [-0.4, -0.2) is 41.8 Å². The Morgan fingerprint density at radius 3 is 2.89 bits per heavy atom. The Bertz CT molecular complexity index is 1590.